The van der Waals surface area contributed by atoms with E-state index in [9.17, 15) is 14.3 Å². The molecule has 2 unspecified atom stereocenters. The van der Waals surface area contributed by atoms with Crippen molar-refractivity contribution in [3.63, 3.8) is 0 Å². The van der Waals surface area contributed by atoms with Crippen molar-refractivity contribution in [2.24, 2.45) is 0 Å². The minimum atomic E-state index is -4.52. The summed E-state index contributed by atoms with van der Waals surface area (Å²) in [4.78, 5) is 24.8. The van der Waals surface area contributed by atoms with E-state index in [0.717, 1.165) is 38.5 Å². The van der Waals surface area contributed by atoms with E-state index in [1.165, 1.54) is 128 Å². The highest BCUT2D eigenvalue weighted by molar-refractivity contribution is 7.45. The fourth-order valence-corrected chi connectivity index (χ4v) is 6.48. The molecule has 0 radical (unpaired) electrons. The van der Waals surface area contributed by atoms with E-state index in [4.69, 9.17) is 18.5 Å². The maximum atomic E-state index is 12.5. The minimum Gasteiger partial charge on any atom is -0.756 e. The van der Waals surface area contributed by atoms with Crippen LogP contribution in [-0.2, 0) is 27.9 Å². The van der Waals surface area contributed by atoms with Gasteiger partial charge in [-0.05, 0) is 76.7 Å². The largest absolute Gasteiger partial charge is 0.756 e. The number of unbranched alkanes of at least 4 members (excludes halogenated alkanes) is 22. The van der Waals surface area contributed by atoms with Crippen molar-refractivity contribution in [2.75, 3.05) is 47.5 Å². The number of hydrogen-bond donors (Lipinski definition) is 0. The van der Waals surface area contributed by atoms with Crippen LogP contribution in [0.25, 0.3) is 0 Å². The van der Waals surface area contributed by atoms with Crippen molar-refractivity contribution in [3.8, 4) is 0 Å². The average molecular weight is 770 g/mol. The van der Waals surface area contributed by atoms with Gasteiger partial charge in [0.15, 0.2) is 6.10 Å². The third-order valence-corrected chi connectivity index (χ3v) is 10.2. The van der Waals surface area contributed by atoms with Crippen molar-refractivity contribution < 1.29 is 37.3 Å². The third kappa shape index (κ3) is 41.6. The van der Waals surface area contributed by atoms with Crippen LogP contribution in [0.2, 0.25) is 0 Å². The number of likely N-dealkylation sites (N-methyl/N-ethyl adjacent to an activating group) is 1. The van der Waals surface area contributed by atoms with Crippen LogP contribution in [0, 0.1) is 0 Å². The predicted molar refractivity (Wildman–Crippen MR) is 222 cm³/mol. The van der Waals surface area contributed by atoms with E-state index >= 15 is 0 Å². The Morgan fingerprint density at radius 1 is 0.585 bits per heavy atom. The van der Waals surface area contributed by atoms with Gasteiger partial charge in [-0.3, -0.25) is 9.36 Å². The van der Waals surface area contributed by atoms with Crippen LogP contribution in [0.15, 0.2) is 36.6 Å². The molecule has 8 nitrogen and oxygen atoms in total. The summed E-state index contributed by atoms with van der Waals surface area (Å²) in [6, 6.07) is 0. The first-order chi connectivity index (χ1) is 25.6. The zero-order chi connectivity index (χ0) is 39.1. The number of esters is 1. The van der Waals surface area contributed by atoms with Crippen molar-refractivity contribution >= 4 is 13.8 Å². The number of hydrogen-bond acceptors (Lipinski definition) is 7. The van der Waals surface area contributed by atoms with Gasteiger partial charge < -0.3 is 27.9 Å². The summed E-state index contributed by atoms with van der Waals surface area (Å²) < 4.78 is 34.3. The summed E-state index contributed by atoms with van der Waals surface area (Å²) in [6.07, 6.45) is 43.9. The number of phosphoric acid groups is 1. The Balaban J connectivity index is 4.31. The van der Waals surface area contributed by atoms with E-state index in [0.29, 0.717) is 17.4 Å². The molecule has 0 saturated carbocycles. The van der Waals surface area contributed by atoms with Gasteiger partial charge >= 0.3 is 5.97 Å². The Morgan fingerprint density at radius 3 is 1.47 bits per heavy atom. The maximum Gasteiger partial charge on any atom is 0.305 e. The Morgan fingerprint density at radius 2 is 1.00 bits per heavy atom. The lowest BCUT2D eigenvalue weighted by molar-refractivity contribution is -0.870. The van der Waals surface area contributed by atoms with Gasteiger partial charge in [0, 0.05) is 6.42 Å². The molecule has 0 fully saturated rings. The molecule has 0 spiro atoms. The second-order valence-electron chi connectivity index (χ2n) is 15.8. The number of rotatable bonds is 40. The van der Waals surface area contributed by atoms with Gasteiger partial charge in [0.1, 0.15) is 19.8 Å². The van der Waals surface area contributed by atoms with E-state index < -0.39 is 13.9 Å². The summed E-state index contributed by atoms with van der Waals surface area (Å²) in [6.45, 7) is 4.68. The highest BCUT2D eigenvalue weighted by Gasteiger charge is 2.19. The molecule has 312 valence electrons. The number of ether oxygens (including phenoxy) is 2. The van der Waals surface area contributed by atoms with Gasteiger partial charge in [-0.25, -0.2) is 0 Å². The molecule has 0 bridgehead atoms. The first-order valence-corrected chi connectivity index (χ1v) is 23.2. The molecule has 0 rings (SSSR count). The van der Waals surface area contributed by atoms with Crippen molar-refractivity contribution in [2.45, 2.75) is 193 Å². The predicted octanol–water partition coefficient (Wildman–Crippen LogP) is 12.3. The van der Waals surface area contributed by atoms with Crippen molar-refractivity contribution in [1.82, 2.24) is 0 Å². The molecule has 0 amide bonds. The van der Waals surface area contributed by atoms with Gasteiger partial charge in [-0.2, -0.15) is 0 Å². The lowest BCUT2D eigenvalue weighted by Gasteiger charge is -2.28. The summed E-state index contributed by atoms with van der Waals surface area (Å²) >= 11 is 0. The zero-order valence-electron chi connectivity index (χ0n) is 35.2. The number of quaternary nitrogens is 1. The minimum absolute atomic E-state index is 0.0247. The van der Waals surface area contributed by atoms with E-state index in [-0.39, 0.29) is 25.8 Å². The Bertz CT molecular complexity index is 947. The monoisotopic (exact) mass is 770 g/mol. The molecule has 0 aromatic carbocycles. The fraction of sp³-hybridized carbons (Fsp3) is 0.841. The van der Waals surface area contributed by atoms with Gasteiger partial charge in [0.05, 0.1) is 34.0 Å². The molecule has 53 heavy (non-hydrogen) atoms. The van der Waals surface area contributed by atoms with Crippen LogP contribution < -0.4 is 4.89 Å². The quantitative estimate of drug-likeness (QED) is 0.0153. The first-order valence-electron chi connectivity index (χ1n) is 21.8. The molecule has 0 aliphatic rings. The molecule has 0 heterocycles. The number of allylic oxidation sites excluding steroid dienone is 5. The van der Waals surface area contributed by atoms with E-state index in [2.05, 4.69) is 38.2 Å². The maximum absolute atomic E-state index is 12.5. The molecule has 0 aliphatic heterocycles. The van der Waals surface area contributed by atoms with Crippen LogP contribution >= 0.6 is 7.82 Å². The highest BCUT2D eigenvalue weighted by Crippen LogP contribution is 2.38. The standard InChI is InChI=1S/C44H84NO7P/c1-6-8-10-12-14-16-18-20-22-24-26-28-30-32-34-36-39-49-43(42-52-53(47,48)51-40-38-45(3,4)5)41-50-44(46)37-35-33-31-29-27-25-23-21-19-17-15-13-11-9-7-2/h16,18,21,23,36,39,43H,6-15,17,19-20,22,24-35,37-38,40-42H2,1-5H3/b18-16-,23-21-,39-36-. The summed E-state index contributed by atoms with van der Waals surface area (Å²) in [5, 5.41) is 0. The van der Waals surface area contributed by atoms with E-state index in [1.54, 1.807) is 6.26 Å². The molecule has 0 saturated heterocycles. The van der Waals surface area contributed by atoms with Gasteiger partial charge in [0.25, 0.3) is 7.82 Å². The third-order valence-electron chi connectivity index (χ3n) is 9.25. The van der Waals surface area contributed by atoms with E-state index in [1.807, 2.05) is 27.2 Å². The molecule has 0 aromatic heterocycles. The van der Waals surface area contributed by atoms with Crippen LogP contribution in [0.5, 0.6) is 0 Å². The molecular weight excluding hydrogens is 685 g/mol. The van der Waals surface area contributed by atoms with Gasteiger partial charge in [0.2, 0.25) is 0 Å². The van der Waals surface area contributed by atoms with Crippen LogP contribution in [-0.4, -0.2) is 64.1 Å². The summed E-state index contributed by atoms with van der Waals surface area (Å²) in [5.74, 6) is -0.303. The van der Waals surface area contributed by atoms with Crippen molar-refractivity contribution in [3.05, 3.63) is 36.6 Å². The highest BCUT2D eigenvalue weighted by atomic mass is 31.2. The number of nitrogens with zero attached hydrogens (tertiary/aromatic N) is 1. The molecule has 0 N–H and O–H groups in total. The molecule has 9 heteroatoms. The first kappa shape index (κ1) is 51.6. The average Bonchev–Trinajstić information content (AvgIpc) is 3.11. The second kappa shape index (κ2) is 37.5. The van der Waals surface area contributed by atoms with Crippen LogP contribution in [0.1, 0.15) is 187 Å². The number of carbonyl (C=O) groups excluding carboxylic acids is 1. The normalized spacial score (nSPS) is 14.1. The molecular formula is C44H84NO7P. The smallest absolute Gasteiger partial charge is 0.305 e. The topological polar surface area (TPSA) is 94.1 Å². The SMILES string of the molecule is CCCCCC/C=C\CCCCCCCC/C=C\OC(COC(=O)CCCCCCC/C=C\CCCCCCCC)COP(=O)([O-])OCC[N+](C)(C)C. The Hall–Kier alpha value is -1.44. The van der Waals surface area contributed by atoms with Crippen LogP contribution in [0.4, 0.5) is 0 Å². The summed E-state index contributed by atoms with van der Waals surface area (Å²) in [5.41, 5.74) is 0. The van der Waals surface area contributed by atoms with Gasteiger partial charge in [-0.1, -0.05) is 134 Å². The number of phosphoric ester groups is 1. The van der Waals surface area contributed by atoms with Gasteiger partial charge in [-0.15, -0.1) is 0 Å². The van der Waals surface area contributed by atoms with Crippen LogP contribution in [0.3, 0.4) is 0 Å². The Labute approximate surface area is 327 Å². The summed E-state index contributed by atoms with van der Waals surface area (Å²) in [7, 11) is 1.35. The lowest BCUT2D eigenvalue weighted by Crippen LogP contribution is -2.37. The van der Waals surface area contributed by atoms with Crippen molar-refractivity contribution in [1.29, 1.82) is 0 Å². The molecule has 0 aromatic rings. The lowest BCUT2D eigenvalue weighted by atomic mass is 10.1. The number of carbonyl (C=O) groups is 1. The Kier molecular flexibility index (Phi) is 36.5. The fourth-order valence-electron chi connectivity index (χ4n) is 5.75. The second-order valence-corrected chi connectivity index (χ2v) is 17.2. The molecule has 0 aliphatic carbocycles. The zero-order valence-corrected chi connectivity index (χ0v) is 36.1. The molecule has 2 atom stereocenters.